The van der Waals surface area contributed by atoms with Gasteiger partial charge in [-0.3, -0.25) is 4.79 Å². The Balaban J connectivity index is 2.30. The summed E-state index contributed by atoms with van der Waals surface area (Å²) in [7, 11) is 0. The molecule has 0 saturated carbocycles. The Labute approximate surface area is 78.3 Å². The Bertz CT molecular complexity index is 162. The van der Waals surface area contributed by atoms with E-state index < -0.39 is 0 Å². The molecule has 2 atom stereocenters. The third-order valence-corrected chi connectivity index (χ3v) is 2.36. The van der Waals surface area contributed by atoms with E-state index in [1.54, 1.807) is 0 Å². The third-order valence-electron chi connectivity index (χ3n) is 2.36. The zero-order valence-electron chi connectivity index (χ0n) is 7.95. The van der Waals surface area contributed by atoms with E-state index >= 15 is 0 Å². The molecule has 1 rings (SSSR count). The van der Waals surface area contributed by atoms with Gasteiger partial charge in [0.05, 0.1) is 25.2 Å². The molecular weight excluding hydrogens is 170 g/mol. The number of rotatable bonds is 4. The van der Waals surface area contributed by atoms with E-state index in [2.05, 4.69) is 5.32 Å². The molecule has 2 unspecified atom stereocenters. The molecule has 0 aromatic heterocycles. The van der Waals surface area contributed by atoms with Gasteiger partial charge in [-0.2, -0.15) is 0 Å². The first-order valence-corrected chi connectivity index (χ1v) is 4.77. The van der Waals surface area contributed by atoms with Crippen molar-refractivity contribution in [2.45, 2.75) is 25.8 Å². The third kappa shape index (κ3) is 2.97. The number of aliphatic hydroxyl groups excluding tert-OH is 1. The molecule has 0 radical (unpaired) electrons. The lowest BCUT2D eigenvalue weighted by Gasteiger charge is -2.16. The molecule has 1 heterocycles. The van der Waals surface area contributed by atoms with Crippen molar-refractivity contribution in [3.05, 3.63) is 0 Å². The van der Waals surface area contributed by atoms with Crippen LogP contribution >= 0.6 is 0 Å². The summed E-state index contributed by atoms with van der Waals surface area (Å²) in [5.41, 5.74) is 0. The van der Waals surface area contributed by atoms with Gasteiger partial charge in [0.2, 0.25) is 5.91 Å². The minimum Gasteiger partial charge on any atom is -0.394 e. The molecular formula is C9H17NO3. The fraction of sp³-hybridized carbons (Fsp3) is 0.889. The molecule has 0 aliphatic carbocycles. The Morgan fingerprint density at radius 2 is 2.54 bits per heavy atom. The van der Waals surface area contributed by atoms with Gasteiger partial charge in [-0.15, -0.1) is 0 Å². The first-order valence-electron chi connectivity index (χ1n) is 4.77. The fourth-order valence-corrected chi connectivity index (χ4v) is 1.34. The highest BCUT2D eigenvalue weighted by Gasteiger charge is 2.24. The zero-order valence-corrected chi connectivity index (χ0v) is 7.95. The molecule has 4 nitrogen and oxygen atoms in total. The van der Waals surface area contributed by atoms with E-state index in [1.807, 2.05) is 6.92 Å². The van der Waals surface area contributed by atoms with E-state index in [9.17, 15) is 4.79 Å². The van der Waals surface area contributed by atoms with Crippen LogP contribution in [-0.4, -0.2) is 36.9 Å². The highest BCUT2D eigenvalue weighted by atomic mass is 16.5. The minimum absolute atomic E-state index is 0.00974. The fourth-order valence-electron chi connectivity index (χ4n) is 1.34. The van der Waals surface area contributed by atoms with Crippen LogP contribution in [0.4, 0.5) is 0 Å². The monoisotopic (exact) mass is 187 g/mol. The average Bonchev–Trinajstić information content (AvgIpc) is 2.66. The van der Waals surface area contributed by atoms with E-state index in [0.29, 0.717) is 13.2 Å². The van der Waals surface area contributed by atoms with Gasteiger partial charge < -0.3 is 15.2 Å². The van der Waals surface area contributed by atoms with Crippen molar-refractivity contribution in [1.29, 1.82) is 0 Å². The first-order chi connectivity index (χ1) is 6.27. The number of carbonyl (C=O) groups is 1. The van der Waals surface area contributed by atoms with Crippen LogP contribution < -0.4 is 5.32 Å². The molecule has 0 aromatic carbocycles. The second kappa shape index (κ2) is 5.19. The molecule has 13 heavy (non-hydrogen) atoms. The van der Waals surface area contributed by atoms with Crippen molar-refractivity contribution >= 4 is 5.91 Å². The van der Waals surface area contributed by atoms with Crippen molar-refractivity contribution in [3.8, 4) is 0 Å². The van der Waals surface area contributed by atoms with Gasteiger partial charge in [-0.1, -0.05) is 6.92 Å². The molecule has 1 fully saturated rings. The van der Waals surface area contributed by atoms with Gasteiger partial charge in [0.1, 0.15) is 0 Å². The largest absolute Gasteiger partial charge is 0.394 e. The lowest BCUT2D eigenvalue weighted by molar-refractivity contribution is -0.126. The van der Waals surface area contributed by atoms with Crippen LogP contribution in [-0.2, 0) is 9.53 Å². The maximum absolute atomic E-state index is 11.5. The van der Waals surface area contributed by atoms with Crippen molar-refractivity contribution < 1.29 is 14.6 Å². The van der Waals surface area contributed by atoms with Gasteiger partial charge in [0.15, 0.2) is 0 Å². The topological polar surface area (TPSA) is 58.6 Å². The number of hydrogen-bond acceptors (Lipinski definition) is 3. The zero-order chi connectivity index (χ0) is 9.68. The van der Waals surface area contributed by atoms with E-state index in [1.165, 1.54) is 0 Å². The van der Waals surface area contributed by atoms with Crippen molar-refractivity contribution in [2.75, 3.05) is 19.8 Å². The van der Waals surface area contributed by atoms with Gasteiger partial charge in [-0.25, -0.2) is 0 Å². The summed E-state index contributed by atoms with van der Waals surface area (Å²) in [6.07, 6.45) is 1.56. The predicted molar refractivity (Wildman–Crippen MR) is 48.2 cm³/mol. The average molecular weight is 187 g/mol. The second-order valence-electron chi connectivity index (χ2n) is 3.36. The lowest BCUT2D eigenvalue weighted by atomic mass is 10.1. The van der Waals surface area contributed by atoms with Crippen LogP contribution in [0, 0.1) is 5.92 Å². The summed E-state index contributed by atoms with van der Waals surface area (Å²) in [6, 6.07) is -0.104. The van der Waals surface area contributed by atoms with Crippen LogP contribution in [0.15, 0.2) is 0 Å². The molecule has 1 aliphatic rings. The van der Waals surface area contributed by atoms with Gasteiger partial charge in [0, 0.05) is 6.61 Å². The van der Waals surface area contributed by atoms with Crippen molar-refractivity contribution in [3.63, 3.8) is 0 Å². The molecule has 2 N–H and O–H groups in total. The van der Waals surface area contributed by atoms with E-state index in [-0.39, 0.29) is 24.5 Å². The highest BCUT2D eigenvalue weighted by molar-refractivity contribution is 5.79. The normalized spacial score (nSPS) is 24.3. The molecule has 1 saturated heterocycles. The van der Waals surface area contributed by atoms with Crippen LogP contribution in [0.1, 0.15) is 19.8 Å². The number of ether oxygens (including phenoxy) is 1. The van der Waals surface area contributed by atoms with Crippen LogP contribution in [0.5, 0.6) is 0 Å². The highest BCUT2D eigenvalue weighted by Crippen LogP contribution is 2.12. The van der Waals surface area contributed by atoms with Crippen molar-refractivity contribution in [2.24, 2.45) is 5.92 Å². The van der Waals surface area contributed by atoms with E-state index in [0.717, 1.165) is 12.8 Å². The number of hydrogen-bond donors (Lipinski definition) is 2. The molecule has 4 heteroatoms. The van der Waals surface area contributed by atoms with Crippen molar-refractivity contribution in [1.82, 2.24) is 5.32 Å². The molecule has 0 aromatic rings. The number of nitrogens with one attached hydrogen (secondary N) is 1. The first kappa shape index (κ1) is 10.5. The van der Waals surface area contributed by atoms with Gasteiger partial charge in [-0.05, 0) is 12.8 Å². The molecule has 0 bridgehead atoms. The van der Waals surface area contributed by atoms with Gasteiger partial charge in [0.25, 0.3) is 0 Å². The Hall–Kier alpha value is -0.610. The quantitative estimate of drug-likeness (QED) is 0.646. The second-order valence-corrected chi connectivity index (χ2v) is 3.36. The standard InChI is InChI=1S/C9H17NO3/c1-2-8(5-11)10-9(12)7-3-4-13-6-7/h7-8,11H,2-6H2,1H3,(H,10,12). The van der Waals surface area contributed by atoms with Crippen LogP contribution in [0.3, 0.4) is 0 Å². The smallest absolute Gasteiger partial charge is 0.225 e. The summed E-state index contributed by atoms with van der Waals surface area (Å²) in [4.78, 5) is 11.5. The predicted octanol–water partition coefficient (Wildman–Crippen LogP) is -0.0900. The summed E-state index contributed by atoms with van der Waals surface area (Å²) < 4.78 is 5.10. The lowest BCUT2D eigenvalue weighted by Crippen LogP contribution is -2.40. The maximum Gasteiger partial charge on any atom is 0.225 e. The number of amides is 1. The Kier molecular flexibility index (Phi) is 4.18. The molecule has 1 amide bonds. The Morgan fingerprint density at radius 1 is 1.77 bits per heavy atom. The minimum atomic E-state index is -0.104. The number of aliphatic hydroxyl groups is 1. The Morgan fingerprint density at radius 3 is 3.00 bits per heavy atom. The van der Waals surface area contributed by atoms with Gasteiger partial charge >= 0.3 is 0 Å². The summed E-state index contributed by atoms with van der Waals surface area (Å²) in [6.45, 7) is 3.14. The SMILES string of the molecule is CCC(CO)NC(=O)C1CCOC1. The van der Waals surface area contributed by atoms with Crippen LogP contribution in [0.25, 0.3) is 0 Å². The maximum atomic E-state index is 11.5. The summed E-state index contributed by atoms with van der Waals surface area (Å²) in [5, 5.41) is 11.7. The van der Waals surface area contributed by atoms with Crippen LogP contribution in [0.2, 0.25) is 0 Å². The van der Waals surface area contributed by atoms with E-state index in [4.69, 9.17) is 9.84 Å². The molecule has 0 spiro atoms. The number of carbonyl (C=O) groups excluding carboxylic acids is 1. The summed E-state index contributed by atoms with van der Waals surface area (Å²) in [5.74, 6) is -0.000926. The molecule has 76 valence electrons. The summed E-state index contributed by atoms with van der Waals surface area (Å²) >= 11 is 0. The molecule has 1 aliphatic heterocycles.